The number of amides is 1. The molecule has 0 aliphatic carbocycles. The van der Waals surface area contributed by atoms with E-state index >= 15 is 0 Å². The van der Waals surface area contributed by atoms with Gasteiger partial charge in [0.05, 0.1) is 17.7 Å². The first-order valence-electron chi connectivity index (χ1n) is 9.06. The third kappa shape index (κ3) is 4.99. The van der Waals surface area contributed by atoms with Gasteiger partial charge in [-0.1, -0.05) is 23.7 Å². The van der Waals surface area contributed by atoms with Gasteiger partial charge >= 0.3 is 0 Å². The second-order valence-electron chi connectivity index (χ2n) is 6.81. The van der Waals surface area contributed by atoms with Crippen LogP contribution in [0.4, 0.5) is 11.4 Å². The quantitative estimate of drug-likeness (QED) is 0.579. The maximum absolute atomic E-state index is 12.7. The van der Waals surface area contributed by atoms with Gasteiger partial charge in [0, 0.05) is 29.6 Å². The summed E-state index contributed by atoms with van der Waals surface area (Å²) in [6, 6.07) is 11.9. The molecule has 8 heteroatoms. The lowest BCUT2D eigenvalue weighted by atomic mass is 9.95. The normalized spacial score (nSPS) is 15.2. The molecule has 0 aromatic heterocycles. The van der Waals surface area contributed by atoms with Gasteiger partial charge < -0.3 is 10.1 Å². The van der Waals surface area contributed by atoms with Crippen LogP contribution in [0.1, 0.15) is 18.4 Å². The van der Waals surface area contributed by atoms with Crippen LogP contribution in [0.25, 0.3) is 0 Å². The third-order valence-corrected chi connectivity index (χ3v) is 5.14. The summed E-state index contributed by atoms with van der Waals surface area (Å²) in [6.45, 7) is 2.40. The molecule has 1 amide bonds. The lowest BCUT2D eigenvalue weighted by Crippen LogP contribution is -2.37. The predicted octanol–water partition coefficient (Wildman–Crippen LogP) is 4.11. The highest BCUT2D eigenvalue weighted by Crippen LogP contribution is 2.30. The highest BCUT2D eigenvalue weighted by Gasteiger charge is 2.26. The maximum Gasteiger partial charge on any atom is 0.271 e. The number of hydrogen-bond donors (Lipinski definition) is 1. The number of nitrogens with zero attached hydrogens (tertiary/aromatic N) is 2. The molecule has 1 aliphatic heterocycles. The van der Waals surface area contributed by atoms with Gasteiger partial charge in [-0.15, -0.1) is 0 Å². The number of nitro benzene ring substituents is 1. The summed E-state index contributed by atoms with van der Waals surface area (Å²) in [6.07, 6.45) is 1.45. The summed E-state index contributed by atoms with van der Waals surface area (Å²) in [7, 11) is 1.46. The number of anilines is 1. The zero-order valence-electron chi connectivity index (χ0n) is 15.6. The van der Waals surface area contributed by atoms with E-state index in [4.69, 9.17) is 16.3 Å². The van der Waals surface area contributed by atoms with Gasteiger partial charge in [0.1, 0.15) is 5.75 Å². The van der Waals surface area contributed by atoms with Crippen LogP contribution in [0.5, 0.6) is 5.75 Å². The molecule has 0 spiro atoms. The van der Waals surface area contributed by atoms with Crippen molar-refractivity contribution in [2.24, 2.45) is 5.92 Å². The molecular weight excluding hydrogens is 382 g/mol. The number of hydrogen-bond acceptors (Lipinski definition) is 5. The Balaban J connectivity index is 1.58. The summed E-state index contributed by atoms with van der Waals surface area (Å²) >= 11 is 6.04. The Labute approximate surface area is 168 Å². The van der Waals surface area contributed by atoms with Gasteiger partial charge in [-0.2, -0.15) is 0 Å². The van der Waals surface area contributed by atoms with Gasteiger partial charge in [-0.3, -0.25) is 19.8 Å². The van der Waals surface area contributed by atoms with E-state index in [1.807, 2.05) is 24.3 Å². The molecule has 2 aromatic carbocycles. The number of likely N-dealkylation sites (tertiary alicyclic amines) is 1. The number of nitrogens with one attached hydrogen (secondary N) is 1. The first-order valence-corrected chi connectivity index (χ1v) is 9.44. The summed E-state index contributed by atoms with van der Waals surface area (Å²) < 4.78 is 5.21. The average molecular weight is 404 g/mol. The number of nitro groups is 1. The number of rotatable bonds is 6. The fraction of sp³-hybridized carbons (Fsp3) is 0.350. The van der Waals surface area contributed by atoms with Crippen molar-refractivity contribution in [2.75, 3.05) is 25.5 Å². The van der Waals surface area contributed by atoms with Crippen LogP contribution in [0.15, 0.2) is 42.5 Å². The standard InChI is InChI=1S/C20H22ClN3O4/c1-28-19-6-5-17(24(26)27)12-18(19)22-20(25)15-7-9-23(10-8-15)13-14-3-2-4-16(21)11-14/h2-6,11-12,15H,7-10,13H2,1H3,(H,22,25). The molecule has 0 unspecified atom stereocenters. The van der Waals surface area contributed by atoms with Gasteiger partial charge in [0.2, 0.25) is 5.91 Å². The number of methoxy groups -OCH3 is 1. The van der Waals surface area contributed by atoms with E-state index < -0.39 is 4.92 Å². The van der Waals surface area contributed by atoms with Crippen molar-refractivity contribution < 1.29 is 14.5 Å². The van der Waals surface area contributed by atoms with Crippen molar-refractivity contribution in [3.8, 4) is 5.75 Å². The molecule has 1 fully saturated rings. The molecular formula is C20H22ClN3O4. The fourth-order valence-electron chi connectivity index (χ4n) is 3.39. The number of non-ortho nitro benzene ring substituents is 1. The monoisotopic (exact) mass is 403 g/mol. The smallest absolute Gasteiger partial charge is 0.271 e. The van der Waals surface area contributed by atoms with Crippen molar-refractivity contribution in [3.05, 3.63) is 63.2 Å². The Morgan fingerprint density at radius 3 is 2.68 bits per heavy atom. The van der Waals surface area contributed by atoms with E-state index in [1.54, 1.807) is 0 Å². The minimum absolute atomic E-state index is 0.0903. The predicted molar refractivity (Wildman–Crippen MR) is 108 cm³/mol. The van der Waals surface area contributed by atoms with Crippen LogP contribution < -0.4 is 10.1 Å². The van der Waals surface area contributed by atoms with E-state index in [0.717, 1.165) is 43.1 Å². The van der Waals surface area contributed by atoms with Crippen LogP contribution in [-0.4, -0.2) is 35.9 Å². The summed E-state index contributed by atoms with van der Waals surface area (Å²) in [4.78, 5) is 25.4. The highest BCUT2D eigenvalue weighted by molar-refractivity contribution is 6.30. The van der Waals surface area contributed by atoms with Crippen molar-refractivity contribution in [1.29, 1.82) is 0 Å². The maximum atomic E-state index is 12.7. The lowest BCUT2D eigenvalue weighted by molar-refractivity contribution is -0.384. The molecule has 148 valence electrons. The van der Waals surface area contributed by atoms with Crippen molar-refractivity contribution in [3.63, 3.8) is 0 Å². The first-order chi connectivity index (χ1) is 13.5. The van der Waals surface area contributed by atoms with E-state index in [0.29, 0.717) is 11.4 Å². The Hall–Kier alpha value is -2.64. The number of carbonyl (C=O) groups is 1. The number of benzene rings is 2. The molecule has 7 nitrogen and oxygen atoms in total. The molecule has 28 heavy (non-hydrogen) atoms. The Morgan fingerprint density at radius 2 is 2.04 bits per heavy atom. The average Bonchev–Trinajstić information content (AvgIpc) is 2.68. The minimum atomic E-state index is -0.497. The number of piperidine rings is 1. The highest BCUT2D eigenvalue weighted by atomic mass is 35.5. The SMILES string of the molecule is COc1ccc([N+](=O)[O-])cc1NC(=O)C1CCN(Cc2cccc(Cl)c2)CC1. The van der Waals surface area contributed by atoms with Crippen LogP contribution >= 0.6 is 11.6 Å². The van der Waals surface area contributed by atoms with E-state index in [-0.39, 0.29) is 17.5 Å². The van der Waals surface area contributed by atoms with Gasteiger partial charge in [-0.25, -0.2) is 0 Å². The lowest BCUT2D eigenvalue weighted by Gasteiger charge is -2.31. The molecule has 0 radical (unpaired) electrons. The molecule has 0 saturated carbocycles. The number of carbonyl (C=O) groups excluding carboxylic acids is 1. The molecule has 1 saturated heterocycles. The fourth-order valence-corrected chi connectivity index (χ4v) is 3.60. The molecule has 2 aromatic rings. The molecule has 1 heterocycles. The zero-order chi connectivity index (χ0) is 20.1. The molecule has 1 aliphatic rings. The Kier molecular flexibility index (Phi) is 6.49. The van der Waals surface area contributed by atoms with Crippen molar-refractivity contribution in [2.45, 2.75) is 19.4 Å². The van der Waals surface area contributed by atoms with Gasteiger partial charge in [-0.05, 0) is 49.7 Å². The zero-order valence-corrected chi connectivity index (χ0v) is 16.3. The van der Waals surface area contributed by atoms with Crippen LogP contribution in [-0.2, 0) is 11.3 Å². The largest absolute Gasteiger partial charge is 0.495 e. The van der Waals surface area contributed by atoms with E-state index in [2.05, 4.69) is 10.2 Å². The molecule has 3 rings (SSSR count). The van der Waals surface area contributed by atoms with Gasteiger partial charge in [0.15, 0.2) is 0 Å². The van der Waals surface area contributed by atoms with Crippen LogP contribution in [0.2, 0.25) is 5.02 Å². The van der Waals surface area contributed by atoms with Crippen molar-refractivity contribution in [1.82, 2.24) is 4.90 Å². The summed E-state index contributed by atoms with van der Waals surface area (Å²) in [5.41, 5.74) is 1.38. The molecule has 0 atom stereocenters. The Bertz CT molecular complexity index is 866. The Morgan fingerprint density at radius 1 is 1.29 bits per heavy atom. The number of ether oxygens (including phenoxy) is 1. The second kappa shape index (κ2) is 9.03. The second-order valence-corrected chi connectivity index (χ2v) is 7.25. The van der Waals surface area contributed by atoms with Crippen molar-refractivity contribution >= 4 is 28.9 Å². The summed E-state index contributed by atoms with van der Waals surface area (Å²) in [5.74, 6) is 0.123. The van der Waals surface area contributed by atoms with Gasteiger partial charge in [0.25, 0.3) is 5.69 Å². The topological polar surface area (TPSA) is 84.7 Å². The molecule has 1 N–H and O–H groups in total. The minimum Gasteiger partial charge on any atom is -0.495 e. The van der Waals surface area contributed by atoms with E-state index in [1.165, 1.54) is 25.3 Å². The molecule has 0 bridgehead atoms. The number of halogens is 1. The third-order valence-electron chi connectivity index (χ3n) is 4.91. The van der Waals surface area contributed by atoms with Crippen LogP contribution in [0, 0.1) is 16.0 Å². The summed E-state index contributed by atoms with van der Waals surface area (Å²) in [5, 5.41) is 14.5. The first kappa shape index (κ1) is 20.1. The van der Waals surface area contributed by atoms with E-state index in [9.17, 15) is 14.9 Å². The van der Waals surface area contributed by atoms with Crippen LogP contribution in [0.3, 0.4) is 0 Å².